The number of hydrogen-bond donors (Lipinski definition) is 0. The van der Waals surface area contributed by atoms with Crippen LogP contribution in [-0.2, 0) is 22.6 Å². The topological polar surface area (TPSA) is 53.8 Å². The van der Waals surface area contributed by atoms with Crippen molar-refractivity contribution in [3.63, 3.8) is 0 Å². The minimum absolute atomic E-state index is 0.0231. The summed E-state index contributed by atoms with van der Waals surface area (Å²) in [6.45, 7) is 0.905. The zero-order valence-electron chi connectivity index (χ0n) is 14.4. The second-order valence-corrected chi connectivity index (χ2v) is 6.96. The Balaban J connectivity index is 1.44. The van der Waals surface area contributed by atoms with Crippen molar-refractivity contribution in [1.82, 2.24) is 9.80 Å². The highest BCUT2D eigenvalue weighted by Gasteiger charge is 2.38. The molecule has 25 heavy (non-hydrogen) atoms. The second kappa shape index (κ2) is 6.39. The highest BCUT2D eigenvalue weighted by molar-refractivity contribution is 5.89. The van der Waals surface area contributed by atoms with Gasteiger partial charge in [0.05, 0.1) is 24.8 Å². The summed E-state index contributed by atoms with van der Waals surface area (Å²) in [4.78, 5) is 28.8. The highest BCUT2D eigenvalue weighted by atomic mass is 16.3. The van der Waals surface area contributed by atoms with Gasteiger partial charge in [-0.1, -0.05) is 24.3 Å². The summed E-state index contributed by atoms with van der Waals surface area (Å²) in [6, 6.07) is 12.1. The van der Waals surface area contributed by atoms with E-state index in [1.807, 2.05) is 36.2 Å². The van der Waals surface area contributed by atoms with E-state index in [9.17, 15) is 9.59 Å². The van der Waals surface area contributed by atoms with Crippen molar-refractivity contribution in [2.45, 2.75) is 31.8 Å². The van der Waals surface area contributed by atoms with Gasteiger partial charge < -0.3 is 14.2 Å². The van der Waals surface area contributed by atoms with Gasteiger partial charge in [-0.3, -0.25) is 9.59 Å². The van der Waals surface area contributed by atoms with E-state index in [1.165, 1.54) is 11.1 Å². The lowest BCUT2D eigenvalue weighted by Crippen LogP contribution is -2.36. The lowest BCUT2D eigenvalue weighted by molar-refractivity contribution is -0.136. The molecule has 2 aromatic rings. The summed E-state index contributed by atoms with van der Waals surface area (Å²) in [6.07, 6.45) is 3.85. The fourth-order valence-electron chi connectivity index (χ4n) is 4.06. The molecule has 0 bridgehead atoms. The molecule has 0 radical (unpaired) electrons. The van der Waals surface area contributed by atoms with E-state index < -0.39 is 0 Å². The molecule has 2 atom stereocenters. The van der Waals surface area contributed by atoms with Gasteiger partial charge in [0.2, 0.25) is 11.8 Å². The predicted molar refractivity (Wildman–Crippen MR) is 92.5 cm³/mol. The van der Waals surface area contributed by atoms with Gasteiger partial charge in [-0.15, -0.1) is 0 Å². The molecule has 1 aromatic carbocycles. The number of carbonyl (C=O) groups excluding carboxylic acids is 2. The van der Waals surface area contributed by atoms with Crippen LogP contribution in [-0.4, -0.2) is 35.2 Å². The molecule has 5 nitrogen and oxygen atoms in total. The Labute approximate surface area is 147 Å². The second-order valence-electron chi connectivity index (χ2n) is 6.96. The third kappa shape index (κ3) is 2.95. The van der Waals surface area contributed by atoms with E-state index in [-0.39, 0.29) is 30.2 Å². The molecule has 0 N–H and O–H groups in total. The number of rotatable bonds is 4. The van der Waals surface area contributed by atoms with Crippen molar-refractivity contribution in [3.05, 3.63) is 59.5 Å². The predicted octanol–water partition coefficient (Wildman–Crippen LogP) is 2.77. The number of carbonyl (C=O) groups is 2. The molecular formula is C20H22N2O3. The minimum Gasteiger partial charge on any atom is -0.467 e. The Morgan fingerprint density at radius 1 is 1.28 bits per heavy atom. The lowest BCUT2D eigenvalue weighted by Gasteiger charge is -2.28. The molecule has 0 spiro atoms. The summed E-state index contributed by atoms with van der Waals surface area (Å²) in [5.41, 5.74) is 2.57. The molecule has 1 aliphatic carbocycles. The number of likely N-dealkylation sites (tertiary alicyclic amines) is 1. The third-order valence-corrected chi connectivity index (χ3v) is 5.41. The Hall–Kier alpha value is -2.56. The summed E-state index contributed by atoms with van der Waals surface area (Å²) >= 11 is 0. The molecule has 1 aromatic heterocycles. The first-order chi connectivity index (χ1) is 12.1. The average molecular weight is 338 g/mol. The number of benzene rings is 1. The van der Waals surface area contributed by atoms with Crippen molar-refractivity contribution < 1.29 is 14.0 Å². The van der Waals surface area contributed by atoms with Crippen LogP contribution >= 0.6 is 0 Å². The van der Waals surface area contributed by atoms with E-state index in [0.717, 1.165) is 18.6 Å². The van der Waals surface area contributed by atoms with Crippen LogP contribution in [0.3, 0.4) is 0 Å². The largest absolute Gasteiger partial charge is 0.467 e. The maximum absolute atomic E-state index is 13.0. The average Bonchev–Trinajstić information content (AvgIpc) is 3.35. The van der Waals surface area contributed by atoms with Gasteiger partial charge >= 0.3 is 0 Å². The van der Waals surface area contributed by atoms with Gasteiger partial charge in [0.15, 0.2) is 0 Å². The quantitative estimate of drug-likeness (QED) is 0.861. The smallest absolute Gasteiger partial charge is 0.228 e. The SMILES string of the molecule is CN(C(=O)C1CC(=O)N(Cc2ccco2)C1)C1CCc2ccccc21. The van der Waals surface area contributed by atoms with E-state index in [4.69, 9.17) is 4.42 Å². The molecule has 2 unspecified atom stereocenters. The summed E-state index contributed by atoms with van der Waals surface area (Å²) in [7, 11) is 1.87. The van der Waals surface area contributed by atoms with Crippen LogP contribution in [0.5, 0.6) is 0 Å². The lowest BCUT2D eigenvalue weighted by atomic mass is 10.0. The summed E-state index contributed by atoms with van der Waals surface area (Å²) < 4.78 is 5.32. The van der Waals surface area contributed by atoms with Crippen molar-refractivity contribution in [3.8, 4) is 0 Å². The van der Waals surface area contributed by atoms with E-state index in [1.54, 1.807) is 11.2 Å². The Bertz CT molecular complexity index is 784. The first-order valence-electron chi connectivity index (χ1n) is 8.78. The number of aryl methyl sites for hydroxylation is 1. The minimum atomic E-state index is -0.264. The maximum atomic E-state index is 13.0. The molecule has 1 aliphatic heterocycles. The standard InChI is InChI=1S/C20H22N2O3/c1-21(18-9-8-14-5-2-3-7-17(14)18)20(24)15-11-19(23)22(12-15)13-16-6-4-10-25-16/h2-7,10,15,18H,8-9,11-13H2,1H3. The third-order valence-electron chi connectivity index (χ3n) is 5.41. The van der Waals surface area contributed by atoms with Gasteiger partial charge in [-0.05, 0) is 36.1 Å². The number of nitrogens with zero attached hydrogens (tertiary/aromatic N) is 2. The van der Waals surface area contributed by atoms with Crippen molar-refractivity contribution in [1.29, 1.82) is 0 Å². The van der Waals surface area contributed by atoms with Crippen LogP contribution in [0.4, 0.5) is 0 Å². The van der Waals surface area contributed by atoms with E-state index in [2.05, 4.69) is 12.1 Å². The summed E-state index contributed by atoms with van der Waals surface area (Å²) in [5, 5.41) is 0. The Morgan fingerprint density at radius 3 is 2.92 bits per heavy atom. The molecule has 1 fully saturated rings. The molecule has 4 rings (SSSR count). The number of amides is 2. The fraction of sp³-hybridized carbons (Fsp3) is 0.400. The van der Waals surface area contributed by atoms with Gasteiger partial charge in [0.25, 0.3) is 0 Å². The van der Waals surface area contributed by atoms with Gasteiger partial charge in [-0.2, -0.15) is 0 Å². The number of hydrogen-bond acceptors (Lipinski definition) is 3. The van der Waals surface area contributed by atoms with Crippen LogP contribution in [0.15, 0.2) is 47.1 Å². The molecule has 2 amide bonds. The molecule has 5 heteroatoms. The molecule has 2 aliphatic rings. The van der Waals surface area contributed by atoms with Crippen LogP contribution in [0.2, 0.25) is 0 Å². The highest BCUT2D eigenvalue weighted by Crippen LogP contribution is 2.36. The van der Waals surface area contributed by atoms with Crippen LogP contribution in [0.25, 0.3) is 0 Å². The van der Waals surface area contributed by atoms with Crippen molar-refractivity contribution in [2.24, 2.45) is 5.92 Å². The Kier molecular flexibility index (Phi) is 4.07. The zero-order chi connectivity index (χ0) is 17.4. The van der Waals surface area contributed by atoms with Crippen LogP contribution < -0.4 is 0 Å². The Morgan fingerprint density at radius 2 is 2.12 bits per heavy atom. The van der Waals surface area contributed by atoms with Crippen LogP contribution in [0.1, 0.15) is 35.8 Å². The summed E-state index contributed by atoms with van der Waals surface area (Å²) in [5.74, 6) is 0.576. The number of fused-ring (bicyclic) bond motifs is 1. The van der Waals surface area contributed by atoms with Gasteiger partial charge in [-0.25, -0.2) is 0 Å². The van der Waals surface area contributed by atoms with Crippen LogP contribution in [0, 0.1) is 5.92 Å². The monoisotopic (exact) mass is 338 g/mol. The van der Waals surface area contributed by atoms with Gasteiger partial charge in [0, 0.05) is 20.0 Å². The zero-order valence-corrected chi connectivity index (χ0v) is 14.4. The first kappa shape index (κ1) is 15.9. The molecule has 0 saturated carbocycles. The molecule has 2 heterocycles. The van der Waals surface area contributed by atoms with Crippen molar-refractivity contribution in [2.75, 3.05) is 13.6 Å². The number of furan rings is 1. The molecule has 1 saturated heterocycles. The first-order valence-corrected chi connectivity index (χ1v) is 8.78. The fourth-order valence-corrected chi connectivity index (χ4v) is 4.06. The molecule has 130 valence electrons. The van der Waals surface area contributed by atoms with E-state index in [0.29, 0.717) is 13.1 Å². The molecular weight excluding hydrogens is 316 g/mol. The van der Waals surface area contributed by atoms with Gasteiger partial charge in [0.1, 0.15) is 5.76 Å². The normalized spacial score (nSPS) is 22.3. The maximum Gasteiger partial charge on any atom is 0.228 e. The van der Waals surface area contributed by atoms with Crippen molar-refractivity contribution >= 4 is 11.8 Å². The van der Waals surface area contributed by atoms with E-state index >= 15 is 0 Å².